The lowest BCUT2D eigenvalue weighted by Gasteiger charge is -2.35. The van der Waals surface area contributed by atoms with Gasteiger partial charge in [0, 0.05) is 107 Å². The Balaban J connectivity index is 0.699. The first kappa shape index (κ1) is 51.6. The van der Waals surface area contributed by atoms with Gasteiger partial charge in [-0.25, -0.2) is 19.9 Å². The first-order valence-electron chi connectivity index (χ1n) is 26.2. The van der Waals surface area contributed by atoms with Crippen LogP contribution in [0.3, 0.4) is 0 Å². The lowest BCUT2D eigenvalue weighted by atomic mass is 9.79. The van der Waals surface area contributed by atoms with E-state index < -0.39 is 17.2 Å². The van der Waals surface area contributed by atoms with Gasteiger partial charge in [0.2, 0.25) is 23.7 Å². The smallest absolute Gasteiger partial charge is 0.416 e. The molecule has 0 bridgehead atoms. The standard InChI is InChI=1S/C58H58F3N13O4/c1-36(75)65-51-32-42(18-21-63-51)77-49-16-14-47-53-44(49)10-5-24-73(53)55(69-47)67-40-9-4-8-39(30-40)57(3,35-62)20-7-23-71-26-28-72(29-27-71)34-38-12-13-41(31-46(38)58(59,60)61)68-56-70-48-15-17-50(45-11-6-25-74(56)54(45)48)78-43-19-22-64-52(33-43)66-37(2)76/h4,8-9,12-19,21-22,30-33H,5-7,10-11,20,23-29,34H2,1-3H3,(H,67,69)(H,68,70)(H,63,65,75)(H,64,66,76). The van der Waals surface area contributed by atoms with Crippen LogP contribution < -0.4 is 30.7 Å². The fraction of sp³-hybridized carbons (Fsp3) is 0.328. The van der Waals surface area contributed by atoms with Crippen molar-refractivity contribution in [2.45, 2.75) is 90.5 Å². The van der Waals surface area contributed by atoms with E-state index >= 15 is 0 Å². The van der Waals surface area contributed by atoms with E-state index in [1.807, 2.05) is 60.0 Å². The number of anilines is 6. The second-order valence-electron chi connectivity index (χ2n) is 20.4. The molecule has 17 nitrogen and oxygen atoms in total. The van der Waals surface area contributed by atoms with Gasteiger partial charge in [0.1, 0.15) is 34.6 Å². The Morgan fingerprint density at radius 1 is 0.679 bits per heavy atom. The zero-order chi connectivity index (χ0) is 54.1. The maximum atomic E-state index is 14.8. The number of hydrogen-bond acceptors (Lipinski definition) is 13. The summed E-state index contributed by atoms with van der Waals surface area (Å²) in [6.45, 7) is 9.77. The molecule has 3 aliphatic heterocycles. The normalized spacial score (nSPS) is 15.3. The molecule has 1 unspecified atom stereocenters. The van der Waals surface area contributed by atoms with Gasteiger partial charge in [-0.15, -0.1) is 0 Å². The summed E-state index contributed by atoms with van der Waals surface area (Å²) < 4.78 is 61.2. The van der Waals surface area contributed by atoms with Crippen molar-refractivity contribution in [3.63, 3.8) is 0 Å². The van der Waals surface area contributed by atoms with E-state index in [0.717, 1.165) is 89.9 Å². The fourth-order valence-electron chi connectivity index (χ4n) is 11.0. The number of nitriles is 1. The van der Waals surface area contributed by atoms with Crippen molar-refractivity contribution in [1.29, 1.82) is 5.26 Å². The van der Waals surface area contributed by atoms with Crippen LogP contribution in [0.4, 0.5) is 48.1 Å². The minimum absolute atomic E-state index is 0.163. The molecule has 3 aliphatic rings. The van der Waals surface area contributed by atoms with E-state index in [1.54, 1.807) is 48.8 Å². The number of amides is 2. The number of rotatable bonds is 17. The third-order valence-corrected chi connectivity index (χ3v) is 14.8. The molecule has 4 N–H and O–H groups in total. The average Bonchev–Trinajstić information content (AvgIpc) is 4.11. The molecule has 2 amide bonds. The molecule has 1 saturated heterocycles. The number of aryl methyl sites for hydroxylation is 4. The van der Waals surface area contributed by atoms with Gasteiger partial charge in [-0.1, -0.05) is 18.2 Å². The summed E-state index contributed by atoms with van der Waals surface area (Å²) >= 11 is 0. The Morgan fingerprint density at radius 2 is 1.23 bits per heavy atom. The molecule has 0 saturated carbocycles. The Hall–Kier alpha value is -8.54. The van der Waals surface area contributed by atoms with Crippen LogP contribution in [0.25, 0.3) is 22.1 Å². The highest BCUT2D eigenvalue weighted by Crippen LogP contribution is 2.41. The molecule has 78 heavy (non-hydrogen) atoms. The number of carbonyl (C=O) groups excluding carboxylic acids is 2. The van der Waals surface area contributed by atoms with E-state index in [4.69, 9.17) is 19.4 Å². The molecule has 4 aromatic carbocycles. The molecule has 4 aromatic heterocycles. The number of piperazine rings is 1. The van der Waals surface area contributed by atoms with Crippen LogP contribution in [-0.2, 0) is 53.7 Å². The molecule has 0 aliphatic carbocycles. The molecule has 0 radical (unpaired) electrons. The number of nitrogens with one attached hydrogen (secondary N) is 4. The van der Waals surface area contributed by atoms with Gasteiger partial charge in [0.15, 0.2) is 0 Å². The average molecular weight is 1060 g/mol. The van der Waals surface area contributed by atoms with E-state index in [1.165, 1.54) is 19.9 Å². The van der Waals surface area contributed by atoms with Gasteiger partial charge >= 0.3 is 6.18 Å². The van der Waals surface area contributed by atoms with Gasteiger partial charge < -0.3 is 44.8 Å². The van der Waals surface area contributed by atoms with Crippen LogP contribution in [-0.4, -0.2) is 83.4 Å². The van der Waals surface area contributed by atoms with Gasteiger partial charge in [-0.3, -0.25) is 14.5 Å². The quantitative estimate of drug-likeness (QED) is 0.0674. The minimum atomic E-state index is -4.57. The second kappa shape index (κ2) is 21.5. The third kappa shape index (κ3) is 11.0. The van der Waals surface area contributed by atoms with Crippen LogP contribution in [0.5, 0.6) is 23.0 Å². The number of ether oxygens (including phenoxy) is 2. The van der Waals surface area contributed by atoms with E-state index in [9.17, 15) is 28.0 Å². The summed E-state index contributed by atoms with van der Waals surface area (Å²) in [4.78, 5) is 45.8. The number of aromatic nitrogens is 6. The Morgan fingerprint density at radius 3 is 1.77 bits per heavy atom. The topological polar surface area (TPSA) is 192 Å². The molecule has 1 fully saturated rings. The third-order valence-electron chi connectivity index (χ3n) is 14.8. The summed E-state index contributed by atoms with van der Waals surface area (Å²) in [6.07, 6.45) is 3.18. The zero-order valence-electron chi connectivity index (χ0n) is 43.5. The highest BCUT2D eigenvalue weighted by molar-refractivity contribution is 5.89. The number of alkyl halides is 3. The molecule has 0 spiro atoms. The molecule has 11 rings (SSSR count). The SMILES string of the molecule is CC(=O)Nc1cc(Oc2ccc3nc(Nc4cccc(C(C)(C#N)CCCN5CCN(Cc6ccc(Nc7nc8ccc(Oc9ccnc(NC(C)=O)c9)c9c8n7CCC9)cc6C(F)(F)F)CC5)c4)n4c3c2CCC4)ccn1. The van der Waals surface area contributed by atoms with E-state index in [0.29, 0.717) is 91.1 Å². The van der Waals surface area contributed by atoms with Crippen molar-refractivity contribution in [3.8, 4) is 29.1 Å². The van der Waals surface area contributed by atoms with Gasteiger partial charge in [0.25, 0.3) is 0 Å². The highest BCUT2D eigenvalue weighted by atomic mass is 19.4. The van der Waals surface area contributed by atoms with Crippen LogP contribution in [0.2, 0.25) is 0 Å². The van der Waals surface area contributed by atoms with Crippen molar-refractivity contribution in [3.05, 3.63) is 131 Å². The summed E-state index contributed by atoms with van der Waals surface area (Å²) in [5.41, 5.74) is 6.17. The van der Waals surface area contributed by atoms with Gasteiger partial charge in [-0.2, -0.15) is 18.4 Å². The minimum Gasteiger partial charge on any atom is -0.457 e. The van der Waals surface area contributed by atoms with E-state index in [2.05, 4.69) is 51.7 Å². The fourth-order valence-corrected chi connectivity index (χ4v) is 11.0. The number of hydrogen-bond donors (Lipinski definition) is 4. The monoisotopic (exact) mass is 1060 g/mol. The predicted molar refractivity (Wildman–Crippen MR) is 292 cm³/mol. The van der Waals surface area contributed by atoms with Crippen molar-refractivity contribution < 1.29 is 32.2 Å². The molecule has 400 valence electrons. The van der Waals surface area contributed by atoms with Crippen LogP contribution in [0.15, 0.2) is 103 Å². The molecular weight excluding hydrogens is 1000 g/mol. The summed E-state index contributed by atoms with van der Waals surface area (Å²) in [5, 5.41) is 22.7. The Labute approximate surface area is 448 Å². The van der Waals surface area contributed by atoms with Crippen LogP contribution >= 0.6 is 0 Å². The molecule has 20 heteroatoms. The lowest BCUT2D eigenvalue weighted by Crippen LogP contribution is -2.46. The number of benzene rings is 4. The first-order chi connectivity index (χ1) is 37.7. The predicted octanol–water partition coefficient (Wildman–Crippen LogP) is 11.5. The zero-order valence-corrected chi connectivity index (χ0v) is 43.5. The van der Waals surface area contributed by atoms with Crippen LogP contribution in [0, 0.1) is 11.3 Å². The van der Waals surface area contributed by atoms with Crippen molar-refractivity contribution in [1.82, 2.24) is 38.9 Å². The molecule has 7 heterocycles. The molecule has 8 aromatic rings. The maximum absolute atomic E-state index is 14.8. The van der Waals surface area contributed by atoms with Crippen molar-refractivity contribution in [2.24, 2.45) is 0 Å². The highest BCUT2D eigenvalue weighted by Gasteiger charge is 2.35. The number of imidazole rings is 2. The Bertz CT molecular complexity index is 3640. The Kier molecular flexibility index (Phi) is 14.2. The number of pyridine rings is 2. The molecule has 1 atom stereocenters. The first-order valence-corrected chi connectivity index (χ1v) is 26.2. The van der Waals surface area contributed by atoms with Crippen molar-refractivity contribution >= 4 is 68.8 Å². The lowest BCUT2D eigenvalue weighted by molar-refractivity contribution is -0.138. The van der Waals surface area contributed by atoms with Crippen LogP contribution in [0.1, 0.15) is 74.3 Å². The second-order valence-corrected chi connectivity index (χ2v) is 20.4. The van der Waals surface area contributed by atoms with Crippen molar-refractivity contribution in [2.75, 3.05) is 54.0 Å². The van der Waals surface area contributed by atoms with Gasteiger partial charge in [-0.05, 0) is 124 Å². The van der Waals surface area contributed by atoms with E-state index in [-0.39, 0.29) is 23.9 Å². The summed E-state index contributed by atoms with van der Waals surface area (Å²) in [5.74, 6) is 3.88. The largest absolute Gasteiger partial charge is 0.457 e. The number of nitrogens with zero attached hydrogens (tertiary/aromatic N) is 9. The number of carbonyl (C=O) groups is 2. The summed E-state index contributed by atoms with van der Waals surface area (Å²) in [7, 11) is 0. The maximum Gasteiger partial charge on any atom is 0.416 e. The van der Waals surface area contributed by atoms with Gasteiger partial charge in [0.05, 0.1) is 39.1 Å². The number of halogens is 3. The molecular formula is C58H58F3N13O4. The summed E-state index contributed by atoms with van der Waals surface area (Å²) in [6, 6.07) is 29.3.